The molecule has 0 bridgehead atoms. The van der Waals surface area contributed by atoms with Gasteiger partial charge in [0.15, 0.2) is 5.78 Å². The summed E-state index contributed by atoms with van der Waals surface area (Å²) in [5.74, 6) is -1.17. The van der Waals surface area contributed by atoms with Crippen LogP contribution in [0.4, 0.5) is 11.4 Å². The van der Waals surface area contributed by atoms with E-state index in [0.29, 0.717) is 36.7 Å². The number of carbonyl (C=O) groups is 3. The van der Waals surface area contributed by atoms with E-state index < -0.39 is 16.7 Å². The van der Waals surface area contributed by atoms with Crippen LogP contribution in [0.25, 0.3) is 0 Å². The van der Waals surface area contributed by atoms with Crippen molar-refractivity contribution in [2.45, 2.75) is 16.3 Å². The van der Waals surface area contributed by atoms with E-state index in [1.54, 1.807) is 97.1 Å². The molecule has 5 aromatic carbocycles. The van der Waals surface area contributed by atoms with Gasteiger partial charge < -0.3 is 10.2 Å². The highest BCUT2D eigenvalue weighted by atomic mass is 35.5. The van der Waals surface area contributed by atoms with Gasteiger partial charge in [-0.25, -0.2) is 4.21 Å². The van der Waals surface area contributed by atoms with Crippen molar-refractivity contribution in [3.05, 3.63) is 153 Å². The molecular weight excluding hydrogens is 603 g/mol. The van der Waals surface area contributed by atoms with Crippen molar-refractivity contribution in [1.82, 2.24) is 0 Å². The average Bonchev–Trinajstić information content (AvgIpc) is 3.11. The molecule has 1 N–H and O–H groups in total. The zero-order chi connectivity index (χ0) is 30.1. The Bertz CT molecular complexity index is 1940. The Morgan fingerprint density at radius 3 is 2.26 bits per heavy atom. The number of nitrogens with zero attached hydrogens (tertiary/aromatic N) is 1. The molecular formula is C34H22Cl2N2O4S. The Kier molecular flexibility index (Phi) is 7.95. The molecule has 0 saturated carbocycles. The maximum Gasteiger partial charge on any atom is 0.259 e. The van der Waals surface area contributed by atoms with Gasteiger partial charge in [0, 0.05) is 26.7 Å². The van der Waals surface area contributed by atoms with E-state index >= 15 is 0 Å². The van der Waals surface area contributed by atoms with Gasteiger partial charge in [0.1, 0.15) is 0 Å². The molecule has 212 valence electrons. The SMILES string of the molecule is O=C(Nc1ccc(Cl)cc1C(=O)c1ccccc1)c1ccc2c(c1)N(Cc1cccc(Cl)c1)C(=O)c1ccccc1[S@]2=O. The summed E-state index contributed by atoms with van der Waals surface area (Å²) in [6.07, 6.45) is 0. The number of fused-ring (bicyclic) bond motifs is 2. The fourth-order valence-corrected chi connectivity index (χ4v) is 6.66. The van der Waals surface area contributed by atoms with Crippen LogP contribution in [-0.2, 0) is 17.3 Å². The Labute approximate surface area is 260 Å². The highest BCUT2D eigenvalue weighted by Crippen LogP contribution is 2.36. The number of ketones is 1. The summed E-state index contributed by atoms with van der Waals surface area (Å²) in [7, 11) is -1.68. The highest BCUT2D eigenvalue weighted by Gasteiger charge is 2.32. The van der Waals surface area contributed by atoms with Crippen LogP contribution >= 0.6 is 23.2 Å². The van der Waals surface area contributed by atoms with E-state index in [4.69, 9.17) is 23.2 Å². The van der Waals surface area contributed by atoms with Gasteiger partial charge in [-0.1, -0.05) is 77.8 Å². The van der Waals surface area contributed by atoms with Crippen molar-refractivity contribution >= 4 is 63.0 Å². The van der Waals surface area contributed by atoms with E-state index in [0.717, 1.165) is 5.56 Å². The lowest BCUT2D eigenvalue weighted by Gasteiger charge is -2.24. The number of anilines is 2. The minimum atomic E-state index is -1.68. The number of amides is 2. The highest BCUT2D eigenvalue weighted by molar-refractivity contribution is 7.85. The quantitative estimate of drug-likeness (QED) is 0.195. The number of hydrogen-bond donors (Lipinski definition) is 1. The lowest BCUT2D eigenvalue weighted by Crippen LogP contribution is -2.30. The minimum Gasteiger partial charge on any atom is -0.321 e. The van der Waals surface area contributed by atoms with E-state index in [-0.39, 0.29) is 35.0 Å². The second-order valence-electron chi connectivity index (χ2n) is 9.81. The second-order valence-corrected chi connectivity index (χ2v) is 12.1. The van der Waals surface area contributed by atoms with Crippen LogP contribution in [0, 0.1) is 0 Å². The molecule has 2 amide bonds. The zero-order valence-corrected chi connectivity index (χ0v) is 24.7. The summed E-state index contributed by atoms with van der Waals surface area (Å²) in [4.78, 5) is 43.1. The molecule has 1 aliphatic heterocycles. The molecule has 0 radical (unpaired) electrons. The Hall–Kier alpha value is -4.56. The van der Waals surface area contributed by atoms with Crippen LogP contribution in [0.5, 0.6) is 0 Å². The number of rotatable bonds is 6. The van der Waals surface area contributed by atoms with Gasteiger partial charge in [-0.15, -0.1) is 0 Å². The number of nitrogens with one attached hydrogen (secondary N) is 1. The van der Waals surface area contributed by atoms with Gasteiger partial charge in [-0.3, -0.25) is 14.4 Å². The lowest BCUT2D eigenvalue weighted by atomic mass is 10.0. The van der Waals surface area contributed by atoms with Crippen molar-refractivity contribution in [3.8, 4) is 0 Å². The average molecular weight is 626 g/mol. The zero-order valence-electron chi connectivity index (χ0n) is 22.4. The molecule has 0 aliphatic carbocycles. The fraction of sp³-hybridized carbons (Fsp3) is 0.0294. The van der Waals surface area contributed by atoms with Crippen LogP contribution in [-0.4, -0.2) is 21.8 Å². The molecule has 1 heterocycles. The third-order valence-corrected chi connectivity index (χ3v) is 8.98. The van der Waals surface area contributed by atoms with Crippen LogP contribution in [0.2, 0.25) is 10.0 Å². The Balaban J connectivity index is 1.40. The van der Waals surface area contributed by atoms with Crippen LogP contribution in [0.3, 0.4) is 0 Å². The van der Waals surface area contributed by atoms with Crippen molar-refractivity contribution in [3.63, 3.8) is 0 Å². The standard InChI is InChI=1S/C34H22Cl2N2O4S/c35-24-10-6-7-21(17-24)20-38-29-18-23(13-16-31(29)43(42)30-12-5-4-11-26(30)34(38)41)33(40)37-28-15-14-25(36)19-27(28)32(39)22-8-2-1-3-9-22/h1-19H,20H2,(H,37,40)/t43-/m1/s1. The molecule has 0 fully saturated rings. The first-order valence-electron chi connectivity index (χ1n) is 13.2. The first kappa shape index (κ1) is 28.6. The summed E-state index contributed by atoms with van der Waals surface area (Å²) >= 11 is 12.4. The summed E-state index contributed by atoms with van der Waals surface area (Å²) in [5.41, 5.74) is 2.58. The molecule has 9 heteroatoms. The number of hydrogen-bond acceptors (Lipinski definition) is 4. The normalized spacial score (nSPS) is 14.0. The van der Waals surface area contributed by atoms with Gasteiger partial charge in [0.2, 0.25) is 0 Å². The molecule has 6 rings (SSSR count). The van der Waals surface area contributed by atoms with Crippen molar-refractivity contribution in [2.24, 2.45) is 0 Å². The van der Waals surface area contributed by atoms with Crippen LogP contribution in [0.1, 0.15) is 42.2 Å². The monoisotopic (exact) mass is 624 g/mol. The predicted molar refractivity (Wildman–Crippen MR) is 169 cm³/mol. The Morgan fingerprint density at radius 1 is 0.721 bits per heavy atom. The molecule has 6 nitrogen and oxygen atoms in total. The first-order chi connectivity index (χ1) is 20.8. The van der Waals surface area contributed by atoms with Crippen molar-refractivity contribution < 1.29 is 18.6 Å². The summed E-state index contributed by atoms with van der Waals surface area (Å²) < 4.78 is 13.7. The summed E-state index contributed by atoms with van der Waals surface area (Å²) in [5, 5.41) is 3.69. The molecule has 0 aromatic heterocycles. The first-order valence-corrected chi connectivity index (χ1v) is 15.1. The molecule has 0 saturated heterocycles. The van der Waals surface area contributed by atoms with Gasteiger partial charge in [0.25, 0.3) is 11.8 Å². The van der Waals surface area contributed by atoms with E-state index in [1.165, 1.54) is 11.0 Å². The number of benzene rings is 5. The van der Waals surface area contributed by atoms with Gasteiger partial charge in [-0.2, -0.15) is 0 Å². The van der Waals surface area contributed by atoms with Crippen molar-refractivity contribution in [1.29, 1.82) is 0 Å². The maximum absolute atomic E-state index is 13.9. The van der Waals surface area contributed by atoms with Crippen molar-refractivity contribution in [2.75, 3.05) is 10.2 Å². The van der Waals surface area contributed by atoms with Gasteiger partial charge in [0.05, 0.1) is 44.1 Å². The molecule has 5 aromatic rings. The minimum absolute atomic E-state index is 0.135. The molecule has 43 heavy (non-hydrogen) atoms. The Morgan fingerprint density at radius 2 is 1.47 bits per heavy atom. The van der Waals surface area contributed by atoms with Crippen LogP contribution < -0.4 is 10.2 Å². The summed E-state index contributed by atoms with van der Waals surface area (Å²) in [6.45, 7) is 0.135. The summed E-state index contributed by atoms with van der Waals surface area (Å²) in [6, 6.07) is 31.9. The molecule has 0 spiro atoms. The largest absolute Gasteiger partial charge is 0.321 e. The van der Waals surface area contributed by atoms with E-state index in [2.05, 4.69) is 5.32 Å². The molecule has 0 unspecified atom stereocenters. The number of halogens is 2. The topological polar surface area (TPSA) is 83.6 Å². The number of carbonyl (C=O) groups excluding carboxylic acids is 3. The van der Waals surface area contributed by atoms with Gasteiger partial charge >= 0.3 is 0 Å². The van der Waals surface area contributed by atoms with E-state index in [1.807, 2.05) is 12.1 Å². The maximum atomic E-state index is 13.9. The predicted octanol–water partition coefficient (Wildman–Crippen LogP) is 7.80. The second kappa shape index (κ2) is 12.0. The van der Waals surface area contributed by atoms with Gasteiger partial charge in [-0.05, 0) is 66.2 Å². The fourth-order valence-electron chi connectivity index (χ4n) is 4.93. The van der Waals surface area contributed by atoms with Crippen LogP contribution in [0.15, 0.2) is 125 Å². The third kappa shape index (κ3) is 5.75. The molecule has 1 atom stereocenters. The van der Waals surface area contributed by atoms with E-state index in [9.17, 15) is 18.6 Å². The third-order valence-electron chi connectivity index (χ3n) is 7.01. The lowest BCUT2D eigenvalue weighted by molar-refractivity contribution is 0.0978. The smallest absolute Gasteiger partial charge is 0.259 e. The molecule has 1 aliphatic rings.